The van der Waals surface area contributed by atoms with Crippen LogP contribution < -0.4 is 5.32 Å². The van der Waals surface area contributed by atoms with Crippen LogP contribution in [-0.2, 0) is 7.05 Å². The van der Waals surface area contributed by atoms with Crippen molar-refractivity contribution in [3.05, 3.63) is 17.5 Å². The van der Waals surface area contributed by atoms with E-state index in [1.54, 1.807) is 7.05 Å². The van der Waals surface area contributed by atoms with Crippen LogP contribution in [0.15, 0.2) is 6.20 Å². The van der Waals surface area contributed by atoms with Crippen LogP contribution in [-0.4, -0.2) is 32.8 Å². The second-order valence-electron chi connectivity index (χ2n) is 8.31. The second kappa shape index (κ2) is 5.33. The minimum absolute atomic E-state index is 0.0345. The summed E-state index contributed by atoms with van der Waals surface area (Å²) in [6.07, 6.45) is 8.96. The van der Waals surface area contributed by atoms with Crippen molar-refractivity contribution in [1.82, 2.24) is 15.1 Å². The van der Waals surface area contributed by atoms with E-state index in [4.69, 9.17) is 0 Å². The smallest absolute Gasteiger partial charge is 0.339 e. The van der Waals surface area contributed by atoms with Gasteiger partial charge in [0.05, 0.1) is 6.20 Å². The summed E-state index contributed by atoms with van der Waals surface area (Å²) in [6, 6.07) is 0.0648. The number of hydrogen-bond acceptors (Lipinski definition) is 3. The lowest BCUT2D eigenvalue weighted by molar-refractivity contribution is -0.0688. The first-order chi connectivity index (χ1) is 11.4. The van der Waals surface area contributed by atoms with Gasteiger partial charge < -0.3 is 10.4 Å². The summed E-state index contributed by atoms with van der Waals surface area (Å²) in [5, 5.41) is 16.3. The van der Waals surface area contributed by atoms with Crippen molar-refractivity contribution < 1.29 is 14.7 Å². The maximum atomic E-state index is 12.7. The van der Waals surface area contributed by atoms with Crippen molar-refractivity contribution in [2.45, 2.75) is 51.5 Å². The quantitative estimate of drug-likeness (QED) is 0.887. The van der Waals surface area contributed by atoms with Crippen LogP contribution in [0.25, 0.3) is 0 Å². The van der Waals surface area contributed by atoms with E-state index in [0.717, 1.165) is 17.8 Å². The van der Waals surface area contributed by atoms with Crippen LogP contribution in [0.4, 0.5) is 0 Å². The van der Waals surface area contributed by atoms with E-state index in [1.807, 2.05) is 0 Å². The number of carbonyl (C=O) groups excluding carboxylic acids is 1. The number of aryl methyl sites for hydroxylation is 1. The summed E-state index contributed by atoms with van der Waals surface area (Å²) in [7, 11) is 1.61. The lowest BCUT2D eigenvalue weighted by Gasteiger charge is -2.59. The average Bonchev–Trinajstić information content (AvgIpc) is 2.87. The van der Waals surface area contributed by atoms with Crippen LogP contribution in [0, 0.1) is 23.2 Å². The number of nitrogens with one attached hydrogen (secondary N) is 1. The van der Waals surface area contributed by atoms with E-state index in [0.29, 0.717) is 0 Å². The van der Waals surface area contributed by atoms with Crippen LogP contribution in [0.3, 0.4) is 0 Å². The molecule has 24 heavy (non-hydrogen) atoms. The molecule has 4 saturated carbocycles. The van der Waals surface area contributed by atoms with Crippen molar-refractivity contribution in [2.24, 2.45) is 30.2 Å². The Labute approximate surface area is 141 Å². The highest BCUT2D eigenvalue weighted by atomic mass is 16.4. The number of rotatable bonds is 4. The zero-order valence-electron chi connectivity index (χ0n) is 14.3. The average molecular weight is 331 g/mol. The van der Waals surface area contributed by atoms with Gasteiger partial charge in [0.2, 0.25) is 0 Å². The first-order valence-corrected chi connectivity index (χ1v) is 8.94. The minimum atomic E-state index is -1.12. The van der Waals surface area contributed by atoms with Crippen molar-refractivity contribution in [3.63, 3.8) is 0 Å². The molecule has 0 saturated heterocycles. The SMILES string of the molecule is C[C@H](NC(=O)c1c(C(=O)O)cnn1C)C12CC3CC(CC(C3)C1)C2. The normalized spacial score (nSPS) is 35.0. The molecular formula is C18H25N3O3. The van der Waals surface area contributed by atoms with Gasteiger partial charge in [-0.3, -0.25) is 9.48 Å². The molecule has 6 nitrogen and oxygen atoms in total. The van der Waals surface area contributed by atoms with Gasteiger partial charge >= 0.3 is 5.97 Å². The number of aromatic nitrogens is 2. The molecule has 0 unspecified atom stereocenters. The maximum absolute atomic E-state index is 12.7. The van der Waals surface area contributed by atoms with E-state index in [1.165, 1.54) is 49.4 Å². The number of carboxylic acid groups (broad SMARTS) is 1. The first-order valence-electron chi connectivity index (χ1n) is 8.94. The molecular weight excluding hydrogens is 306 g/mol. The van der Waals surface area contributed by atoms with Gasteiger partial charge in [-0.1, -0.05) is 0 Å². The number of aromatic carboxylic acids is 1. The van der Waals surface area contributed by atoms with Gasteiger partial charge in [0.15, 0.2) is 0 Å². The van der Waals surface area contributed by atoms with Crippen LogP contribution in [0.1, 0.15) is 66.3 Å². The zero-order valence-corrected chi connectivity index (χ0v) is 14.3. The van der Waals surface area contributed by atoms with Crippen LogP contribution >= 0.6 is 0 Å². The van der Waals surface area contributed by atoms with Crippen molar-refractivity contribution in [1.29, 1.82) is 0 Å². The highest BCUT2D eigenvalue weighted by Crippen LogP contribution is 2.61. The van der Waals surface area contributed by atoms with E-state index in [-0.39, 0.29) is 28.6 Å². The first kappa shape index (κ1) is 15.7. The third kappa shape index (κ3) is 2.34. The molecule has 0 spiro atoms. The molecule has 1 heterocycles. The number of carboxylic acids is 1. The van der Waals surface area contributed by atoms with Gasteiger partial charge in [0.1, 0.15) is 11.3 Å². The summed E-state index contributed by atoms with van der Waals surface area (Å²) < 4.78 is 1.35. The zero-order chi connectivity index (χ0) is 17.1. The topological polar surface area (TPSA) is 84.2 Å². The Morgan fingerprint density at radius 1 is 1.25 bits per heavy atom. The van der Waals surface area contributed by atoms with Crippen molar-refractivity contribution in [2.75, 3.05) is 0 Å². The lowest BCUT2D eigenvalue weighted by Crippen LogP contribution is -2.56. The molecule has 4 fully saturated rings. The Morgan fingerprint density at radius 2 is 1.79 bits per heavy atom. The predicted octanol–water partition coefficient (Wildman–Crippen LogP) is 2.45. The van der Waals surface area contributed by atoms with E-state index < -0.39 is 5.97 Å². The fourth-order valence-electron chi connectivity index (χ4n) is 5.99. The third-order valence-corrected chi connectivity index (χ3v) is 6.74. The Kier molecular flexibility index (Phi) is 3.48. The molecule has 2 N–H and O–H groups in total. The van der Waals surface area contributed by atoms with Gasteiger partial charge in [0, 0.05) is 13.1 Å². The summed E-state index contributed by atoms with van der Waals surface area (Å²) in [6.45, 7) is 2.10. The largest absolute Gasteiger partial charge is 0.478 e. The monoisotopic (exact) mass is 331 g/mol. The van der Waals surface area contributed by atoms with Gasteiger partial charge in [-0.15, -0.1) is 0 Å². The standard InChI is InChI=1S/C18H25N3O3/c1-10(18-6-11-3-12(7-18)5-13(4-11)8-18)20-16(22)15-14(17(23)24)9-19-21(15)2/h9-13H,3-8H2,1-2H3,(H,20,22)(H,23,24)/t10-,11?,12?,13?,18?/m0/s1. The minimum Gasteiger partial charge on any atom is -0.478 e. The van der Waals surface area contributed by atoms with E-state index in [9.17, 15) is 14.7 Å². The number of carbonyl (C=O) groups is 2. The van der Waals surface area contributed by atoms with Crippen LogP contribution in [0.5, 0.6) is 0 Å². The van der Waals surface area contributed by atoms with Gasteiger partial charge in [-0.2, -0.15) is 5.10 Å². The Morgan fingerprint density at radius 3 is 2.29 bits per heavy atom. The van der Waals surface area contributed by atoms with Crippen molar-refractivity contribution in [3.8, 4) is 0 Å². The summed E-state index contributed by atoms with van der Waals surface area (Å²) in [5.41, 5.74) is 0.304. The van der Waals surface area contributed by atoms with E-state index in [2.05, 4.69) is 17.3 Å². The molecule has 4 aliphatic carbocycles. The van der Waals surface area contributed by atoms with Gasteiger partial charge in [0.25, 0.3) is 5.91 Å². The fraction of sp³-hybridized carbons (Fsp3) is 0.722. The molecule has 4 aliphatic rings. The molecule has 1 atom stereocenters. The van der Waals surface area contributed by atoms with Gasteiger partial charge in [-0.05, 0) is 68.6 Å². The molecule has 5 rings (SSSR count). The molecule has 1 aromatic heterocycles. The number of nitrogens with zero attached hydrogens (tertiary/aromatic N) is 2. The molecule has 0 aromatic carbocycles. The summed E-state index contributed by atoms with van der Waals surface area (Å²) >= 11 is 0. The van der Waals surface area contributed by atoms with Crippen LogP contribution in [0.2, 0.25) is 0 Å². The maximum Gasteiger partial charge on any atom is 0.339 e. The molecule has 1 aromatic rings. The third-order valence-electron chi connectivity index (χ3n) is 6.74. The van der Waals surface area contributed by atoms with E-state index >= 15 is 0 Å². The molecule has 6 heteroatoms. The number of amides is 1. The lowest BCUT2D eigenvalue weighted by atomic mass is 9.48. The molecule has 1 amide bonds. The Balaban J connectivity index is 1.54. The second-order valence-corrected chi connectivity index (χ2v) is 8.31. The molecule has 130 valence electrons. The summed E-state index contributed by atoms with van der Waals surface area (Å²) in [5.74, 6) is 1.03. The number of hydrogen-bond donors (Lipinski definition) is 2. The van der Waals surface area contributed by atoms with Gasteiger partial charge in [-0.25, -0.2) is 4.79 Å². The highest BCUT2D eigenvalue weighted by molar-refractivity contribution is 6.03. The Hall–Kier alpha value is -1.85. The Bertz CT molecular complexity index is 658. The van der Waals surface area contributed by atoms with Crippen molar-refractivity contribution >= 4 is 11.9 Å². The molecule has 0 aliphatic heterocycles. The highest BCUT2D eigenvalue weighted by Gasteiger charge is 2.53. The predicted molar refractivity (Wildman–Crippen MR) is 87.7 cm³/mol. The molecule has 0 radical (unpaired) electrons. The fourth-order valence-corrected chi connectivity index (χ4v) is 5.99. The summed E-state index contributed by atoms with van der Waals surface area (Å²) in [4.78, 5) is 24.0. The molecule has 4 bridgehead atoms.